The Balaban J connectivity index is 2.69. The zero-order chi connectivity index (χ0) is 16.1. The standard InChI is InChI=1S/C17H22O5/c1-4-21-13-9-10-14(22-5-2)17(19)15-11(16(13)18)7-6-8-12(15)20-3/h6-8,18-19H,4-5,9-10H2,1-3H3/b16-13-,17-14-. The molecule has 0 bridgehead atoms. The molecule has 0 aromatic heterocycles. The quantitative estimate of drug-likeness (QED) is 0.860. The summed E-state index contributed by atoms with van der Waals surface area (Å²) < 4.78 is 16.4. The first-order valence-corrected chi connectivity index (χ1v) is 7.41. The van der Waals surface area contributed by atoms with Crippen molar-refractivity contribution in [2.75, 3.05) is 20.3 Å². The van der Waals surface area contributed by atoms with Gasteiger partial charge in [-0.1, -0.05) is 12.1 Å². The van der Waals surface area contributed by atoms with Crippen LogP contribution in [-0.4, -0.2) is 30.5 Å². The molecule has 0 spiro atoms. The minimum Gasteiger partial charge on any atom is -0.504 e. The predicted molar refractivity (Wildman–Crippen MR) is 84.6 cm³/mol. The minimum absolute atomic E-state index is 0.00333. The molecule has 0 radical (unpaired) electrons. The van der Waals surface area contributed by atoms with Crippen molar-refractivity contribution in [3.63, 3.8) is 0 Å². The van der Waals surface area contributed by atoms with E-state index in [2.05, 4.69) is 0 Å². The van der Waals surface area contributed by atoms with Gasteiger partial charge in [-0.2, -0.15) is 0 Å². The number of ether oxygens (including phenoxy) is 3. The van der Waals surface area contributed by atoms with Crippen LogP contribution in [0.1, 0.15) is 37.8 Å². The second-order valence-corrected chi connectivity index (χ2v) is 4.79. The van der Waals surface area contributed by atoms with Crippen LogP contribution in [0.3, 0.4) is 0 Å². The fourth-order valence-electron chi connectivity index (χ4n) is 2.53. The zero-order valence-electron chi connectivity index (χ0n) is 13.2. The van der Waals surface area contributed by atoms with Crippen molar-refractivity contribution in [1.29, 1.82) is 0 Å². The Hall–Kier alpha value is -2.30. The molecule has 0 atom stereocenters. The number of fused-ring (bicyclic) bond motifs is 1. The Bertz CT molecular complexity index is 601. The molecule has 0 heterocycles. The topological polar surface area (TPSA) is 68.2 Å². The van der Waals surface area contributed by atoms with E-state index in [9.17, 15) is 10.2 Å². The van der Waals surface area contributed by atoms with Crippen LogP contribution in [0, 0.1) is 0 Å². The Labute approximate surface area is 130 Å². The van der Waals surface area contributed by atoms with E-state index in [-0.39, 0.29) is 11.5 Å². The molecule has 0 saturated heterocycles. The van der Waals surface area contributed by atoms with Crippen molar-refractivity contribution in [3.8, 4) is 5.75 Å². The SMILES string of the molecule is CCO/C1=C(\O)c2cccc(OC)c2/C(O)=C(/OCC)CC1. The van der Waals surface area contributed by atoms with Crippen molar-refractivity contribution < 1.29 is 24.4 Å². The third-order valence-corrected chi connectivity index (χ3v) is 3.48. The number of hydrogen-bond donors (Lipinski definition) is 2. The van der Waals surface area contributed by atoms with Crippen molar-refractivity contribution in [2.24, 2.45) is 0 Å². The van der Waals surface area contributed by atoms with Crippen molar-refractivity contribution in [2.45, 2.75) is 26.7 Å². The molecule has 0 fully saturated rings. The molecule has 1 aliphatic carbocycles. The van der Waals surface area contributed by atoms with Gasteiger partial charge in [0.15, 0.2) is 11.5 Å². The molecule has 5 heteroatoms. The van der Waals surface area contributed by atoms with Gasteiger partial charge in [-0.25, -0.2) is 0 Å². The molecule has 0 unspecified atom stereocenters. The predicted octanol–water partition coefficient (Wildman–Crippen LogP) is 4.02. The molecule has 2 N–H and O–H groups in total. The van der Waals surface area contributed by atoms with Crippen molar-refractivity contribution in [3.05, 3.63) is 40.8 Å². The zero-order valence-corrected chi connectivity index (χ0v) is 13.2. The first-order valence-electron chi connectivity index (χ1n) is 7.41. The largest absolute Gasteiger partial charge is 0.504 e. The van der Waals surface area contributed by atoms with Crippen LogP contribution in [0.25, 0.3) is 11.5 Å². The Morgan fingerprint density at radius 1 is 0.955 bits per heavy atom. The number of allylic oxidation sites excluding steroid dienone is 2. The number of aliphatic hydroxyl groups is 2. The van der Waals surface area contributed by atoms with E-state index in [1.165, 1.54) is 7.11 Å². The van der Waals surface area contributed by atoms with E-state index in [0.717, 1.165) is 0 Å². The first kappa shape index (κ1) is 16.1. The molecule has 0 saturated carbocycles. The van der Waals surface area contributed by atoms with E-state index in [0.29, 0.717) is 54.5 Å². The molecule has 22 heavy (non-hydrogen) atoms. The van der Waals surface area contributed by atoms with Gasteiger partial charge in [0.1, 0.15) is 17.3 Å². The Morgan fingerprint density at radius 3 is 2.09 bits per heavy atom. The fourth-order valence-corrected chi connectivity index (χ4v) is 2.53. The smallest absolute Gasteiger partial charge is 0.165 e. The van der Waals surface area contributed by atoms with Crippen LogP contribution in [0.5, 0.6) is 5.75 Å². The van der Waals surface area contributed by atoms with Gasteiger partial charge in [0, 0.05) is 18.4 Å². The summed E-state index contributed by atoms with van der Waals surface area (Å²) in [5.41, 5.74) is 0.889. The van der Waals surface area contributed by atoms with Crippen molar-refractivity contribution in [1.82, 2.24) is 0 Å². The summed E-state index contributed by atoms with van der Waals surface area (Å²) in [7, 11) is 1.52. The van der Waals surface area contributed by atoms with Gasteiger partial charge in [0.25, 0.3) is 0 Å². The third-order valence-electron chi connectivity index (χ3n) is 3.48. The van der Waals surface area contributed by atoms with E-state index in [1.54, 1.807) is 18.2 Å². The lowest BCUT2D eigenvalue weighted by Gasteiger charge is -2.21. The number of rotatable bonds is 5. The maximum absolute atomic E-state index is 10.6. The lowest BCUT2D eigenvalue weighted by atomic mass is 9.97. The van der Waals surface area contributed by atoms with Gasteiger partial charge in [0.2, 0.25) is 0 Å². The van der Waals surface area contributed by atoms with Gasteiger partial charge in [0.05, 0.1) is 25.9 Å². The average molecular weight is 306 g/mol. The Morgan fingerprint density at radius 2 is 1.55 bits per heavy atom. The molecular weight excluding hydrogens is 284 g/mol. The van der Waals surface area contributed by atoms with E-state index < -0.39 is 0 Å². The van der Waals surface area contributed by atoms with Crippen LogP contribution in [0.4, 0.5) is 0 Å². The van der Waals surface area contributed by atoms with Crippen LogP contribution in [0.2, 0.25) is 0 Å². The summed E-state index contributed by atoms with van der Waals surface area (Å²) in [5, 5.41) is 21.1. The van der Waals surface area contributed by atoms with E-state index in [1.807, 2.05) is 13.8 Å². The van der Waals surface area contributed by atoms with Gasteiger partial charge < -0.3 is 24.4 Å². The molecule has 120 valence electrons. The van der Waals surface area contributed by atoms with Gasteiger partial charge >= 0.3 is 0 Å². The second-order valence-electron chi connectivity index (χ2n) is 4.79. The first-order chi connectivity index (χ1) is 10.6. The van der Waals surface area contributed by atoms with Crippen LogP contribution in [0.15, 0.2) is 29.7 Å². The summed E-state index contributed by atoms with van der Waals surface area (Å²) >= 11 is 0. The summed E-state index contributed by atoms with van der Waals surface area (Å²) in [6.07, 6.45) is 0.895. The molecule has 0 amide bonds. The highest BCUT2D eigenvalue weighted by Gasteiger charge is 2.25. The summed E-state index contributed by atoms with van der Waals surface area (Å²) in [6.45, 7) is 4.63. The van der Waals surface area contributed by atoms with Gasteiger partial charge in [-0.05, 0) is 19.9 Å². The fraction of sp³-hybridized carbons (Fsp3) is 0.412. The number of benzene rings is 1. The number of methoxy groups -OCH3 is 1. The number of hydrogen-bond acceptors (Lipinski definition) is 5. The maximum Gasteiger partial charge on any atom is 0.165 e. The molecule has 0 aliphatic heterocycles. The molecule has 1 aromatic carbocycles. The molecule has 1 aromatic rings. The summed E-state index contributed by atoms with van der Waals surface area (Å²) in [5.74, 6) is 1.45. The summed E-state index contributed by atoms with van der Waals surface area (Å²) in [4.78, 5) is 0. The third kappa shape index (κ3) is 2.98. The van der Waals surface area contributed by atoms with Gasteiger partial charge in [-0.15, -0.1) is 0 Å². The highest BCUT2D eigenvalue weighted by Crippen LogP contribution is 2.38. The normalized spacial score (nSPS) is 21.6. The highest BCUT2D eigenvalue weighted by molar-refractivity contribution is 5.79. The summed E-state index contributed by atoms with van der Waals surface area (Å²) in [6, 6.07) is 5.21. The number of aliphatic hydroxyl groups excluding tert-OH is 2. The maximum atomic E-state index is 10.6. The lowest BCUT2D eigenvalue weighted by Crippen LogP contribution is -2.08. The minimum atomic E-state index is -0.00333. The molecular formula is C17H22O5. The lowest BCUT2D eigenvalue weighted by molar-refractivity contribution is 0.187. The second kappa shape index (κ2) is 7.11. The highest BCUT2D eigenvalue weighted by atomic mass is 16.5. The molecule has 2 rings (SSSR count). The molecule has 1 aliphatic rings. The molecule has 5 nitrogen and oxygen atoms in total. The van der Waals surface area contributed by atoms with E-state index in [4.69, 9.17) is 14.2 Å². The Kier molecular flexibility index (Phi) is 5.20. The van der Waals surface area contributed by atoms with Crippen molar-refractivity contribution >= 4 is 11.5 Å². The van der Waals surface area contributed by atoms with Gasteiger partial charge in [-0.3, -0.25) is 0 Å². The monoisotopic (exact) mass is 306 g/mol. The van der Waals surface area contributed by atoms with E-state index >= 15 is 0 Å². The van der Waals surface area contributed by atoms with Crippen LogP contribution >= 0.6 is 0 Å². The van der Waals surface area contributed by atoms with Crippen LogP contribution in [-0.2, 0) is 9.47 Å². The average Bonchev–Trinajstić information content (AvgIpc) is 2.54. The van der Waals surface area contributed by atoms with Crippen LogP contribution < -0.4 is 4.74 Å².